The molecule has 23 heavy (non-hydrogen) atoms. The number of hydrogen-bond acceptors (Lipinski definition) is 5. The van der Waals surface area contributed by atoms with Crippen molar-refractivity contribution in [2.24, 2.45) is 0 Å². The fourth-order valence-electron chi connectivity index (χ4n) is 2.05. The number of rotatable bonds is 6. The minimum Gasteiger partial charge on any atom is -0.302 e. The van der Waals surface area contributed by atoms with Gasteiger partial charge in [0.1, 0.15) is 0 Å². The summed E-state index contributed by atoms with van der Waals surface area (Å²) in [6.45, 7) is 0. The van der Waals surface area contributed by atoms with Crippen LogP contribution in [0.3, 0.4) is 0 Å². The second-order valence-electron chi connectivity index (χ2n) is 4.81. The Labute approximate surface area is 147 Å². The lowest BCUT2D eigenvalue weighted by Crippen LogP contribution is -2.11. The topological polar surface area (TPSA) is 42.0 Å². The van der Waals surface area contributed by atoms with E-state index >= 15 is 0 Å². The SMILES string of the molecule is CSc1ccc2nc(NC(=O)CCSc3ccccc3)sc2c1. The normalized spacial score (nSPS) is 10.8. The molecule has 1 N–H and O–H groups in total. The van der Waals surface area contributed by atoms with Crippen molar-refractivity contribution < 1.29 is 4.79 Å². The van der Waals surface area contributed by atoms with Crippen LogP contribution in [0.2, 0.25) is 0 Å². The minimum absolute atomic E-state index is 0.0116. The van der Waals surface area contributed by atoms with Gasteiger partial charge in [0.15, 0.2) is 5.13 Å². The first-order chi connectivity index (χ1) is 11.2. The molecular weight excluding hydrogens is 344 g/mol. The number of carbonyl (C=O) groups is 1. The Bertz CT molecular complexity index is 802. The van der Waals surface area contributed by atoms with Gasteiger partial charge in [0.25, 0.3) is 0 Å². The molecule has 0 saturated heterocycles. The molecule has 118 valence electrons. The van der Waals surface area contributed by atoms with Gasteiger partial charge in [0, 0.05) is 22.0 Å². The molecule has 0 saturated carbocycles. The maximum atomic E-state index is 12.0. The van der Waals surface area contributed by atoms with Crippen LogP contribution in [0.15, 0.2) is 58.3 Å². The largest absolute Gasteiger partial charge is 0.302 e. The van der Waals surface area contributed by atoms with Crippen LogP contribution in [0, 0.1) is 0 Å². The number of thioether (sulfide) groups is 2. The van der Waals surface area contributed by atoms with Crippen LogP contribution in [-0.4, -0.2) is 22.9 Å². The summed E-state index contributed by atoms with van der Waals surface area (Å²) in [7, 11) is 0. The average molecular weight is 361 g/mol. The zero-order valence-electron chi connectivity index (χ0n) is 12.6. The Hall–Kier alpha value is -1.50. The van der Waals surface area contributed by atoms with E-state index in [9.17, 15) is 4.79 Å². The van der Waals surface area contributed by atoms with Gasteiger partial charge in [-0.25, -0.2) is 4.98 Å². The molecule has 6 heteroatoms. The Morgan fingerprint density at radius 3 is 2.78 bits per heavy atom. The Morgan fingerprint density at radius 1 is 1.17 bits per heavy atom. The lowest BCUT2D eigenvalue weighted by Gasteiger charge is -2.02. The molecule has 0 unspecified atom stereocenters. The monoisotopic (exact) mass is 360 g/mol. The van der Waals surface area contributed by atoms with Gasteiger partial charge in [0.2, 0.25) is 5.91 Å². The Kier molecular flexibility index (Phi) is 5.59. The first kappa shape index (κ1) is 16.4. The summed E-state index contributed by atoms with van der Waals surface area (Å²) in [4.78, 5) is 18.9. The zero-order chi connectivity index (χ0) is 16.1. The van der Waals surface area contributed by atoms with E-state index in [1.807, 2.05) is 24.3 Å². The molecule has 1 heterocycles. The lowest BCUT2D eigenvalue weighted by molar-refractivity contribution is -0.115. The van der Waals surface area contributed by atoms with Crippen LogP contribution in [0.25, 0.3) is 10.2 Å². The second-order valence-corrected chi connectivity index (χ2v) is 7.89. The molecule has 0 spiro atoms. The smallest absolute Gasteiger partial charge is 0.226 e. The van der Waals surface area contributed by atoms with Gasteiger partial charge in [0.05, 0.1) is 10.2 Å². The van der Waals surface area contributed by atoms with E-state index in [1.54, 1.807) is 23.5 Å². The van der Waals surface area contributed by atoms with E-state index in [0.29, 0.717) is 11.6 Å². The number of hydrogen-bond donors (Lipinski definition) is 1. The van der Waals surface area contributed by atoms with Crippen LogP contribution in [0.1, 0.15) is 6.42 Å². The zero-order valence-corrected chi connectivity index (χ0v) is 15.1. The van der Waals surface area contributed by atoms with Crippen molar-refractivity contribution in [2.75, 3.05) is 17.3 Å². The molecule has 3 nitrogen and oxygen atoms in total. The highest BCUT2D eigenvalue weighted by molar-refractivity contribution is 7.99. The van der Waals surface area contributed by atoms with Gasteiger partial charge < -0.3 is 5.32 Å². The minimum atomic E-state index is 0.0116. The molecular formula is C17H16N2OS3. The Balaban J connectivity index is 1.55. The first-order valence-electron chi connectivity index (χ1n) is 7.17. The summed E-state index contributed by atoms with van der Waals surface area (Å²) in [6, 6.07) is 16.3. The fourth-order valence-corrected chi connectivity index (χ4v) is 4.35. The van der Waals surface area contributed by atoms with Crippen LogP contribution in [0.5, 0.6) is 0 Å². The second kappa shape index (κ2) is 7.86. The van der Waals surface area contributed by atoms with Crippen LogP contribution in [0.4, 0.5) is 5.13 Å². The first-order valence-corrected chi connectivity index (χ1v) is 10.2. The summed E-state index contributed by atoms with van der Waals surface area (Å²) in [5, 5.41) is 3.58. The summed E-state index contributed by atoms with van der Waals surface area (Å²) in [6.07, 6.45) is 2.53. The number of benzene rings is 2. The highest BCUT2D eigenvalue weighted by Gasteiger charge is 2.08. The molecule has 0 radical (unpaired) electrons. The number of aromatic nitrogens is 1. The lowest BCUT2D eigenvalue weighted by atomic mass is 10.3. The quantitative estimate of drug-likeness (QED) is 0.618. The predicted molar refractivity (Wildman–Crippen MR) is 102 cm³/mol. The van der Waals surface area contributed by atoms with E-state index in [0.717, 1.165) is 16.0 Å². The third kappa shape index (κ3) is 4.50. The molecule has 0 aliphatic heterocycles. The summed E-state index contributed by atoms with van der Waals surface area (Å²) < 4.78 is 1.10. The van der Waals surface area contributed by atoms with Gasteiger partial charge in [-0.2, -0.15) is 0 Å². The summed E-state index contributed by atoms with van der Waals surface area (Å²) in [5.41, 5.74) is 0.932. The standard InChI is InChI=1S/C17H16N2OS3/c1-21-13-7-8-14-15(11-13)23-17(18-14)19-16(20)9-10-22-12-5-3-2-4-6-12/h2-8,11H,9-10H2,1H3,(H,18,19,20). The van der Waals surface area contributed by atoms with E-state index < -0.39 is 0 Å². The number of fused-ring (bicyclic) bond motifs is 1. The molecule has 0 fully saturated rings. The molecule has 2 aromatic carbocycles. The molecule has 1 aromatic heterocycles. The number of anilines is 1. The van der Waals surface area contributed by atoms with E-state index in [1.165, 1.54) is 21.1 Å². The molecule has 0 aliphatic rings. The Morgan fingerprint density at radius 2 is 2.00 bits per heavy atom. The number of amides is 1. The number of nitrogens with zero attached hydrogens (tertiary/aromatic N) is 1. The maximum Gasteiger partial charge on any atom is 0.226 e. The van der Waals surface area contributed by atoms with Crippen LogP contribution >= 0.6 is 34.9 Å². The van der Waals surface area contributed by atoms with Crippen molar-refractivity contribution in [2.45, 2.75) is 16.2 Å². The number of nitrogens with one attached hydrogen (secondary N) is 1. The van der Waals surface area contributed by atoms with Crippen molar-refractivity contribution in [3.63, 3.8) is 0 Å². The average Bonchev–Trinajstić information content (AvgIpc) is 2.96. The van der Waals surface area contributed by atoms with Gasteiger partial charge in [-0.15, -0.1) is 23.5 Å². The van der Waals surface area contributed by atoms with Crippen molar-refractivity contribution in [1.29, 1.82) is 0 Å². The fraction of sp³-hybridized carbons (Fsp3) is 0.176. The van der Waals surface area contributed by atoms with Gasteiger partial charge >= 0.3 is 0 Å². The number of carbonyl (C=O) groups excluding carboxylic acids is 1. The molecule has 0 aliphatic carbocycles. The summed E-state index contributed by atoms with van der Waals surface area (Å²) >= 11 is 4.92. The van der Waals surface area contributed by atoms with Crippen molar-refractivity contribution >= 4 is 56.1 Å². The van der Waals surface area contributed by atoms with E-state index in [2.05, 4.69) is 40.8 Å². The highest BCUT2D eigenvalue weighted by Crippen LogP contribution is 2.29. The third-order valence-corrected chi connectivity index (χ3v) is 5.86. The van der Waals surface area contributed by atoms with Crippen LogP contribution < -0.4 is 5.32 Å². The van der Waals surface area contributed by atoms with Crippen molar-refractivity contribution in [1.82, 2.24) is 4.98 Å². The maximum absolute atomic E-state index is 12.0. The van der Waals surface area contributed by atoms with Crippen LogP contribution in [-0.2, 0) is 4.79 Å². The van der Waals surface area contributed by atoms with Gasteiger partial charge in [-0.3, -0.25) is 4.79 Å². The van der Waals surface area contributed by atoms with Gasteiger partial charge in [-0.1, -0.05) is 29.5 Å². The molecule has 3 aromatic rings. The molecule has 1 amide bonds. The molecule has 0 atom stereocenters. The molecule has 3 rings (SSSR count). The van der Waals surface area contributed by atoms with Crippen molar-refractivity contribution in [3.8, 4) is 0 Å². The van der Waals surface area contributed by atoms with Gasteiger partial charge in [-0.05, 0) is 36.6 Å². The summed E-state index contributed by atoms with van der Waals surface area (Å²) in [5.74, 6) is 0.773. The highest BCUT2D eigenvalue weighted by atomic mass is 32.2. The van der Waals surface area contributed by atoms with E-state index in [4.69, 9.17) is 0 Å². The van der Waals surface area contributed by atoms with Crippen molar-refractivity contribution in [3.05, 3.63) is 48.5 Å². The molecule has 0 bridgehead atoms. The number of thiazole rings is 1. The van der Waals surface area contributed by atoms with E-state index in [-0.39, 0.29) is 5.91 Å². The third-order valence-electron chi connectivity index (χ3n) is 3.18. The predicted octanol–water partition coefficient (Wildman–Crippen LogP) is 5.14.